The van der Waals surface area contributed by atoms with Crippen LogP contribution in [-0.4, -0.2) is 0 Å². The number of rotatable bonds is 2. The topological polar surface area (TPSA) is 26.0 Å². The van der Waals surface area contributed by atoms with Gasteiger partial charge in [0.2, 0.25) is 0 Å². The lowest BCUT2D eigenvalue weighted by atomic mass is 9.94. The van der Waals surface area contributed by atoms with Gasteiger partial charge in [-0.2, -0.15) is 0 Å². The van der Waals surface area contributed by atoms with Gasteiger partial charge in [0.25, 0.3) is 0 Å². The first-order chi connectivity index (χ1) is 6.86. The molecule has 0 saturated carbocycles. The zero-order chi connectivity index (χ0) is 9.80. The Balaban J connectivity index is 2.10. The van der Waals surface area contributed by atoms with Gasteiger partial charge in [0, 0.05) is 5.69 Å². The molecule has 2 N–H and O–H groups in total. The van der Waals surface area contributed by atoms with Crippen molar-refractivity contribution >= 4 is 5.69 Å². The van der Waals surface area contributed by atoms with E-state index in [0.29, 0.717) is 0 Å². The Kier molecular flexibility index (Phi) is 2.87. The molecule has 0 aromatic heterocycles. The molecule has 2 rings (SSSR count). The van der Waals surface area contributed by atoms with E-state index in [2.05, 4.69) is 18.2 Å². The lowest BCUT2D eigenvalue weighted by Crippen LogP contribution is -1.99. The highest BCUT2D eigenvalue weighted by Gasteiger charge is 2.05. The average Bonchev–Trinajstić information content (AvgIpc) is 2.23. The molecule has 0 saturated heterocycles. The van der Waals surface area contributed by atoms with Crippen molar-refractivity contribution in [3.05, 3.63) is 41.5 Å². The Hall–Kier alpha value is -1.24. The van der Waals surface area contributed by atoms with Crippen molar-refractivity contribution in [1.82, 2.24) is 0 Å². The highest BCUT2D eigenvalue weighted by Crippen LogP contribution is 2.23. The summed E-state index contributed by atoms with van der Waals surface area (Å²) in [4.78, 5) is 0. The first-order valence-electron chi connectivity index (χ1n) is 5.37. The van der Waals surface area contributed by atoms with Crippen molar-refractivity contribution in [3.8, 4) is 0 Å². The normalized spacial score (nSPS) is 16.4. The van der Waals surface area contributed by atoms with Crippen LogP contribution in [0.25, 0.3) is 0 Å². The Bertz CT molecular complexity index is 339. The SMILES string of the molecule is Nc1ccccc1CC1=CCCCC1. The van der Waals surface area contributed by atoms with E-state index in [0.717, 1.165) is 12.1 Å². The molecular formula is C13H17N. The number of allylic oxidation sites excluding steroid dienone is 2. The minimum absolute atomic E-state index is 0.930. The van der Waals surface area contributed by atoms with Crippen molar-refractivity contribution in [1.29, 1.82) is 0 Å². The molecule has 0 radical (unpaired) electrons. The molecule has 0 unspecified atom stereocenters. The van der Waals surface area contributed by atoms with Gasteiger partial charge < -0.3 is 5.73 Å². The van der Waals surface area contributed by atoms with E-state index < -0.39 is 0 Å². The van der Waals surface area contributed by atoms with E-state index >= 15 is 0 Å². The van der Waals surface area contributed by atoms with Crippen molar-refractivity contribution in [2.45, 2.75) is 32.1 Å². The molecular weight excluding hydrogens is 170 g/mol. The number of nitrogens with two attached hydrogens (primary N) is 1. The van der Waals surface area contributed by atoms with Gasteiger partial charge in [0.1, 0.15) is 0 Å². The molecule has 1 aliphatic rings. The molecule has 1 heteroatoms. The fourth-order valence-electron chi connectivity index (χ4n) is 2.01. The maximum absolute atomic E-state index is 5.91. The Labute approximate surface area is 85.6 Å². The molecule has 0 amide bonds. The first-order valence-corrected chi connectivity index (χ1v) is 5.37. The summed E-state index contributed by atoms with van der Waals surface area (Å²) >= 11 is 0. The summed E-state index contributed by atoms with van der Waals surface area (Å²) in [6.07, 6.45) is 8.64. The number of para-hydroxylation sites is 1. The quantitative estimate of drug-likeness (QED) is 0.558. The Morgan fingerprint density at radius 1 is 1.14 bits per heavy atom. The number of hydrogen-bond donors (Lipinski definition) is 1. The van der Waals surface area contributed by atoms with Crippen LogP contribution in [0.3, 0.4) is 0 Å². The molecule has 0 fully saturated rings. The minimum Gasteiger partial charge on any atom is -0.398 e. The average molecular weight is 187 g/mol. The standard InChI is InChI=1S/C13H17N/c14-13-9-5-4-8-12(13)10-11-6-2-1-3-7-11/h4-6,8-9H,1-3,7,10,14H2. The van der Waals surface area contributed by atoms with Gasteiger partial charge in [-0.3, -0.25) is 0 Å². The van der Waals surface area contributed by atoms with Crippen LogP contribution in [0.4, 0.5) is 5.69 Å². The number of hydrogen-bond acceptors (Lipinski definition) is 1. The summed E-state index contributed by atoms with van der Waals surface area (Å²) in [5, 5.41) is 0. The van der Waals surface area contributed by atoms with Gasteiger partial charge in [-0.25, -0.2) is 0 Å². The zero-order valence-electron chi connectivity index (χ0n) is 8.50. The van der Waals surface area contributed by atoms with Crippen LogP contribution in [0, 0.1) is 0 Å². The van der Waals surface area contributed by atoms with E-state index in [1.807, 2.05) is 12.1 Å². The molecule has 1 nitrogen and oxygen atoms in total. The van der Waals surface area contributed by atoms with Crippen molar-refractivity contribution < 1.29 is 0 Å². The monoisotopic (exact) mass is 187 g/mol. The third-order valence-corrected chi connectivity index (χ3v) is 2.86. The van der Waals surface area contributed by atoms with Crippen LogP contribution in [0.5, 0.6) is 0 Å². The molecule has 14 heavy (non-hydrogen) atoms. The highest BCUT2D eigenvalue weighted by atomic mass is 14.6. The third kappa shape index (κ3) is 2.16. The maximum Gasteiger partial charge on any atom is 0.0349 e. The summed E-state index contributed by atoms with van der Waals surface area (Å²) in [5.41, 5.74) is 9.68. The van der Waals surface area contributed by atoms with E-state index in [1.54, 1.807) is 5.57 Å². The highest BCUT2D eigenvalue weighted by molar-refractivity contribution is 5.48. The summed E-state index contributed by atoms with van der Waals surface area (Å²) in [5.74, 6) is 0. The summed E-state index contributed by atoms with van der Waals surface area (Å²) in [7, 11) is 0. The predicted molar refractivity (Wildman–Crippen MR) is 61.1 cm³/mol. The van der Waals surface area contributed by atoms with Crippen LogP contribution >= 0.6 is 0 Å². The molecule has 1 aromatic carbocycles. The van der Waals surface area contributed by atoms with Gasteiger partial charge in [-0.1, -0.05) is 29.8 Å². The van der Waals surface area contributed by atoms with Crippen LogP contribution in [0.2, 0.25) is 0 Å². The first kappa shape index (κ1) is 9.32. The largest absolute Gasteiger partial charge is 0.398 e. The summed E-state index contributed by atoms with van der Waals surface area (Å²) in [6, 6.07) is 8.17. The van der Waals surface area contributed by atoms with Crippen LogP contribution in [-0.2, 0) is 6.42 Å². The lowest BCUT2D eigenvalue weighted by molar-refractivity contribution is 0.688. The van der Waals surface area contributed by atoms with Gasteiger partial charge in [0.15, 0.2) is 0 Å². The Morgan fingerprint density at radius 2 is 2.00 bits per heavy atom. The smallest absolute Gasteiger partial charge is 0.0349 e. The van der Waals surface area contributed by atoms with Gasteiger partial charge in [-0.15, -0.1) is 0 Å². The van der Waals surface area contributed by atoms with Crippen LogP contribution in [0.1, 0.15) is 31.2 Å². The number of benzene rings is 1. The fourth-order valence-corrected chi connectivity index (χ4v) is 2.01. The summed E-state index contributed by atoms with van der Waals surface area (Å²) < 4.78 is 0. The maximum atomic E-state index is 5.91. The minimum atomic E-state index is 0.930. The second-order valence-electron chi connectivity index (χ2n) is 3.98. The second-order valence-corrected chi connectivity index (χ2v) is 3.98. The van der Waals surface area contributed by atoms with Crippen LogP contribution < -0.4 is 5.73 Å². The van der Waals surface area contributed by atoms with E-state index in [-0.39, 0.29) is 0 Å². The molecule has 0 aliphatic heterocycles. The number of nitrogen functional groups attached to an aromatic ring is 1. The molecule has 1 aliphatic carbocycles. The van der Waals surface area contributed by atoms with Gasteiger partial charge >= 0.3 is 0 Å². The summed E-state index contributed by atoms with van der Waals surface area (Å²) in [6.45, 7) is 0. The molecule has 0 heterocycles. The van der Waals surface area contributed by atoms with E-state index in [9.17, 15) is 0 Å². The van der Waals surface area contributed by atoms with Gasteiger partial charge in [-0.05, 0) is 43.7 Å². The van der Waals surface area contributed by atoms with Crippen molar-refractivity contribution in [2.24, 2.45) is 0 Å². The van der Waals surface area contributed by atoms with Crippen molar-refractivity contribution in [3.63, 3.8) is 0 Å². The van der Waals surface area contributed by atoms with E-state index in [4.69, 9.17) is 5.73 Å². The second kappa shape index (κ2) is 4.32. The van der Waals surface area contributed by atoms with Crippen molar-refractivity contribution in [2.75, 3.05) is 5.73 Å². The third-order valence-electron chi connectivity index (χ3n) is 2.86. The van der Waals surface area contributed by atoms with E-state index in [1.165, 1.54) is 31.2 Å². The molecule has 0 bridgehead atoms. The van der Waals surface area contributed by atoms with Crippen LogP contribution in [0.15, 0.2) is 35.9 Å². The van der Waals surface area contributed by atoms with Gasteiger partial charge in [0.05, 0.1) is 0 Å². The fraction of sp³-hybridized carbons (Fsp3) is 0.385. The predicted octanol–water partition coefficient (Wildman–Crippen LogP) is 3.31. The lowest BCUT2D eigenvalue weighted by Gasteiger charge is -2.13. The molecule has 1 aromatic rings. The zero-order valence-corrected chi connectivity index (χ0v) is 8.50. The molecule has 74 valence electrons. The molecule has 0 atom stereocenters. The molecule has 0 spiro atoms. The Morgan fingerprint density at radius 3 is 2.71 bits per heavy atom. The number of anilines is 1.